The van der Waals surface area contributed by atoms with Gasteiger partial charge in [-0.25, -0.2) is 9.37 Å². The molecule has 0 radical (unpaired) electrons. The van der Waals surface area contributed by atoms with E-state index in [2.05, 4.69) is 15.3 Å². The van der Waals surface area contributed by atoms with Gasteiger partial charge in [0.05, 0.1) is 11.3 Å². The van der Waals surface area contributed by atoms with Gasteiger partial charge < -0.3 is 16.0 Å². The maximum Gasteiger partial charge on any atom is 0.252 e. The van der Waals surface area contributed by atoms with Crippen LogP contribution in [0.3, 0.4) is 0 Å². The summed E-state index contributed by atoms with van der Waals surface area (Å²) in [6.45, 7) is 0. The summed E-state index contributed by atoms with van der Waals surface area (Å²) in [6, 6.07) is 2.12. The highest BCUT2D eigenvalue weighted by atomic mass is 19.1. The zero-order valence-electron chi connectivity index (χ0n) is 13.4. The van der Waals surface area contributed by atoms with Crippen molar-refractivity contribution in [2.75, 3.05) is 5.32 Å². The Morgan fingerprint density at radius 2 is 2.08 bits per heavy atom. The number of aromatic nitrogens is 2. The Kier molecular flexibility index (Phi) is 2.80. The molecule has 0 aromatic carbocycles. The number of alkyl halides is 1. The van der Waals surface area contributed by atoms with Crippen LogP contribution in [0.1, 0.15) is 42.5 Å². The minimum Gasteiger partial charge on any atom is -0.380 e. The number of aromatic amines is 1. The highest BCUT2D eigenvalue weighted by Crippen LogP contribution is 2.58. The van der Waals surface area contributed by atoms with Crippen molar-refractivity contribution in [2.24, 2.45) is 23.5 Å². The van der Waals surface area contributed by atoms with E-state index < -0.39 is 11.6 Å². The lowest BCUT2D eigenvalue weighted by molar-refractivity contribution is -0.0800. The van der Waals surface area contributed by atoms with Gasteiger partial charge in [0.15, 0.2) is 0 Å². The quantitative estimate of drug-likeness (QED) is 0.810. The molecule has 2 aromatic heterocycles. The van der Waals surface area contributed by atoms with Crippen LogP contribution in [0.5, 0.6) is 0 Å². The summed E-state index contributed by atoms with van der Waals surface area (Å²) >= 11 is 0. The molecule has 0 spiro atoms. The Hall–Kier alpha value is -2.11. The van der Waals surface area contributed by atoms with Gasteiger partial charge in [-0.15, -0.1) is 0 Å². The number of hydrogen-bond acceptors (Lipinski definition) is 3. The van der Waals surface area contributed by atoms with Gasteiger partial charge in [-0.1, -0.05) is 0 Å². The van der Waals surface area contributed by atoms with Crippen LogP contribution >= 0.6 is 0 Å². The number of anilines is 1. The van der Waals surface area contributed by atoms with Gasteiger partial charge in [-0.2, -0.15) is 0 Å². The summed E-state index contributed by atoms with van der Waals surface area (Å²) in [4.78, 5) is 19.2. The number of nitrogens with two attached hydrogens (primary N) is 1. The zero-order valence-corrected chi connectivity index (χ0v) is 13.4. The Bertz CT molecular complexity index is 816. The molecule has 2 unspecified atom stereocenters. The number of primary amides is 1. The molecule has 4 aliphatic rings. The van der Waals surface area contributed by atoms with E-state index in [4.69, 9.17) is 5.73 Å². The van der Waals surface area contributed by atoms with Gasteiger partial charge in [0.2, 0.25) is 0 Å². The molecule has 2 heterocycles. The third-order valence-corrected chi connectivity index (χ3v) is 6.36. The highest BCUT2D eigenvalue weighted by Gasteiger charge is 2.56. The molecule has 0 saturated heterocycles. The van der Waals surface area contributed by atoms with Crippen LogP contribution < -0.4 is 11.1 Å². The molecule has 0 aliphatic heterocycles. The molecule has 126 valence electrons. The lowest BCUT2D eigenvalue weighted by Crippen LogP contribution is -2.57. The van der Waals surface area contributed by atoms with E-state index in [1.54, 1.807) is 6.20 Å². The smallest absolute Gasteiger partial charge is 0.252 e. The largest absolute Gasteiger partial charge is 0.380 e. The van der Waals surface area contributed by atoms with Crippen LogP contribution in [0, 0.1) is 17.8 Å². The molecule has 4 aliphatic carbocycles. The predicted octanol–water partition coefficient (Wildman–Crippen LogP) is 2.99. The number of pyridine rings is 1. The first-order valence-corrected chi connectivity index (χ1v) is 8.74. The maximum absolute atomic E-state index is 14.9. The van der Waals surface area contributed by atoms with Gasteiger partial charge in [0.1, 0.15) is 11.3 Å². The van der Waals surface area contributed by atoms with Gasteiger partial charge >= 0.3 is 0 Å². The van der Waals surface area contributed by atoms with E-state index in [1.807, 2.05) is 6.07 Å². The molecule has 4 saturated carbocycles. The SMILES string of the molecule is NC(=O)c1cnc2[nH]ccc2c1NC1C2CC3CC1CC(F)(C3)C2. The number of carbonyl (C=O) groups excluding carboxylic acids is 1. The number of nitrogens with zero attached hydrogens (tertiary/aromatic N) is 1. The second kappa shape index (κ2) is 4.71. The number of halogens is 1. The first-order chi connectivity index (χ1) is 11.5. The number of rotatable bonds is 3. The topological polar surface area (TPSA) is 83.8 Å². The molecular weight excluding hydrogens is 307 g/mol. The van der Waals surface area contributed by atoms with Crippen molar-refractivity contribution in [3.8, 4) is 0 Å². The minimum atomic E-state index is -0.956. The van der Waals surface area contributed by atoms with Crippen LogP contribution in [0.15, 0.2) is 18.5 Å². The average Bonchev–Trinajstić information content (AvgIpc) is 2.97. The monoisotopic (exact) mass is 328 g/mol. The second-order valence-corrected chi connectivity index (χ2v) is 7.94. The predicted molar refractivity (Wildman–Crippen MR) is 89.4 cm³/mol. The van der Waals surface area contributed by atoms with E-state index >= 15 is 0 Å². The zero-order chi connectivity index (χ0) is 16.5. The van der Waals surface area contributed by atoms with Gasteiger partial charge in [0, 0.05) is 23.8 Å². The highest BCUT2D eigenvalue weighted by molar-refractivity contribution is 6.06. The van der Waals surface area contributed by atoms with Crippen molar-refractivity contribution in [3.05, 3.63) is 24.0 Å². The molecule has 2 atom stereocenters. The van der Waals surface area contributed by atoms with Crippen LogP contribution in [0.2, 0.25) is 0 Å². The Morgan fingerprint density at radius 3 is 2.75 bits per heavy atom. The minimum absolute atomic E-state index is 0.212. The third-order valence-electron chi connectivity index (χ3n) is 6.36. The number of fused-ring (bicyclic) bond motifs is 1. The molecule has 6 heteroatoms. The van der Waals surface area contributed by atoms with Crippen molar-refractivity contribution in [1.29, 1.82) is 0 Å². The van der Waals surface area contributed by atoms with E-state index in [-0.39, 0.29) is 6.04 Å². The Labute approximate surface area is 139 Å². The molecule has 2 aromatic rings. The van der Waals surface area contributed by atoms with Gasteiger partial charge in [0.25, 0.3) is 5.91 Å². The van der Waals surface area contributed by atoms with Crippen LogP contribution in [-0.2, 0) is 0 Å². The third kappa shape index (κ3) is 1.98. The fraction of sp³-hybridized carbons (Fsp3) is 0.556. The number of amides is 1. The van der Waals surface area contributed by atoms with Gasteiger partial charge in [-0.05, 0) is 55.9 Å². The number of hydrogen-bond donors (Lipinski definition) is 3. The van der Waals surface area contributed by atoms with Crippen molar-refractivity contribution < 1.29 is 9.18 Å². The van der Waals surface area contributed by atoms with E-state index in [1.165, 1.54) is 6.20 Å². The van der Waals surface area contributed by atoms with Crippen molar-refractivity contribution in [2.45, 2.75) is 43.8 Å². The summed E-state index contributed by atoms with van der Waals surface area (Å²) < 4.78 is 14.9. The number of H-pyrrole nitrogens is 1. The Morgan fingerprint density at radius 1 is 1.33 bits per heavy atom. The average molecular weight is 328 g/mol. The lowest BCUT2D eigenvalue weighted by atomic mass is 9.53. The molecule has 24 heavy (non-hydrogen) atoms. The molecular formula is C18H21FN4O. The van der Waals surface area contributed by atoms with Crippen LogP contribution in [0.25, 0.3) is 11.0 Å². The summed E-state index contributed by atoms with van der Waals surface area (Å²) in [5.41, 5.74) is 6.49. The molecule has 4 bridgehead atoms. The standard InChI is InChI=1S/C18H21FN4O/c19-18-5-9-3-10(6-18)14(11(4-9)7-18)23-15-12-1-2-21-17(12)22-8-13(15)16(20)24/h1-2,8-11,14H,3-7H2,(H2,20,24)(H2,21,22,23). The van der Waals surface area contributed by atoms with Crippen LogP contribution in [-0.4, -0.2) is 27.6 Å². The van der Waals surface area contributed by atoms with Crippen molar-refractivity contribution in [3.63, 3.8) is 0 Å². The Balaban J connectivity index is 1.54. The van der Waals surface area contributed by atoms with E-state index in [9.17, 15) is 9.18 Å². The first-order valence-electron chi connectivity index (χ1n) is 8.74. The second-order valence-electron chi connectivity index (χ2n) is 7.94. The normalized spacial score (nSPS) is 37.0. The van der Waals surface area contributed by atoms with Crippen LogP contribution in [0.4, 0.5) is 10.1 Å². The lowest BCUT2D eigenvalue weighted by Gasteiger charge is -2.57. The summed E-state index contributed by atoms with van der Waals surface area (Å²) in [5.74, 6) is 0.720. The van der Waals surface area contributed by atoms with E-state index in [0.717, 1.165) is 36.0 Å². The van der Waals surface area contributed by atoms with Crippen molar-refractivity contribution >= 4 is 22.6 Å². The van der Waals surface area contributed by atoms with Gasteiger partial charge in [-0.3, -0.25) is 4.79 Å². The summed E-state index contributed by atoms with van der Waals surface area (Å²) in [7, 11) is 0. The summed E-state index contributed by atoms with van der Waals surface area (Å²) in [5, 5.41) is 4.46. The maximum atomic E-state index is 14.9. The molecule has 6 rings (SSSR count). The van der Waals surface area contributed by atoms with Crippen molar-refractivity contribution in [1.82, 2.24) is 9.97 Å². The summed E-state index contributed by atoms with van der Waals surface area (Å²) in [6.07, 6.45) is 7.55. The molecule has 4 N–H and O–H groups in total. The fourth-order valence-electron chi connectivity index (χ4n) is 5.68. The van der Waals surface area contributed by atoms with E-state index in [0.29, 0.717) is 36.2 Å². The molecule has 4 fully saturated rings. The fourth-order valence-corrected chi connectivity index (χ4v) is 5.68. The first kappa shape index (κ1) is 14.3. The number of carbonyl (C=O) groups is 1. The molecule has 1 amide bonds. The molecule has 5 nitrogen and oxygen atoms in total. The number of nitrogens with one attached hydrogen (secondary N) is 2.